The van der Waals surface area contributed by atoms with Gasteiger partial charge in [0.25, 0.3) is 11.8 Å². The number of nitrogens with one attached hydrogen (secondary N) is 2. The third-order valence-corrected chi connectivity index (χ3v) is 8.61. The number of fused-ring (bicyclic) bond motifs is 1. The third-order valence-electron chi connectivity index (χ3n) is 6.36. The second kappa shape index (κ2) is 8.79. The van der Waals surface area contributed by atoms with Crippen LogP contribution in [0.1, 0.15) is 48.5 Å². The fourth-order valence-electron chi connectivity index (χ4n) is 4.29. The number of nitrogens with zero attached hydrogens (tertiary/aromatic N) is 2. The van der Waals surface area contributed by atoms with Crippen LogP contribution in [0.25, 0.3) is 10.2 Å². The lowest BCUT2D eigenvalue weighted by Gasteiger charge is -2.33. The number of thioether (sulfide) groups is 1. The first-order valence-corrected chi connectivity index (χ1v) is 12.8. The summed E-state index contributed by atoms with van der Waals surface area (Å²) in [6, 6.07) is 14.7. The van der Waals surface area contributed by atoms with Crippen molar-refractivity contribution in [1.82, 2.24) is 20.7 Å². The summed E-state index contributed by atoms with van der Waals surface area (Å²) in [5, 5.41) is 3.65. The minimum Gasteiger partial charge on any atom is -0.322 e. The Morgan fingerprint density at radius 2 is 1.91 bits per heavy atom. The Morgan fingerprint density at radius 1 is 1.18 bits per heavy atom. The normalized spacial score (nSPS) is 22.7. The van der Waals surface area contributed by atoms with Crippen LogP contribution in [0.15, 0.2) is 52.9 Å². The Hall–Kier alpha value is -2.91. The van der Waals surface area contributed by atoms with Crippen LogP contribution < -0.4 is 10.7 Å². The number of hydrazine groups is 1. The molecule has 4 amide bonds. The van der Waals surface area contributed by atoms with Crippen molar-refractivity contribution >= 4 is 51.2 Å². The number of imide groups is 1. The molecule has 0 radical (unpaired) electrons. The molecular weight excluding hydrogens is 456 g/mol. The van der Waals surface area contributed by atoms with Gasteiger partial charge < -0.3 is 5.32 Å². The average molecular weight is 481 g/mol. The molecule has 2 fully saturated rings. The van der Waals surface area contributed by atoms with Crippen LogP contribution in [0.3, 0.4) is 0 Å². The molecule has 1 aliphatic carbocycles. The number of hydrogen-bond acceptors (Lipinski definition) is 6. The lowest BCUT2D eigenvalue weighted by molar-refractivity contribution is -0.134. The maximum absolute atomic E-state index is 12.9. The molecule has 33 heavy (non-hydrogen) atoms. The quantitative estimate of drug-likeness (QED) is 0.407. The Labute approximate surface area is 199 Å². The van der Waals surface area contributed by atoms with Gasteiger partial charge in [-0.2, -0.15) is 5.01 Å². The zero-order chi connectivity index (χ0) is 23.0. The van der Waals surface area contributed by atoms with E-state index in [1.165, 1.54) is 0 Å². The lowest BCUT2D eigenvalue weighted by Crippen LogP contribution is -2.51. The van der Waals surface area contributed by atoms with Crippen molar-refractivity contribution in [3.8, 4) is 0 Å². The van der Waals surface area contributed by atoms with Crippen molar-refractivity contribution in [1.29, 1.82) is 0 Å². The molecule has 2 heterocycles. The SMILES string of the molecule is CC1CCC2(CC1)NC(=O)N(NC(=O)c1ccc(CSc3nc4ccccc4s3)cc1)C2=O. The largest absolute Gasteiger partial charge is 0.344 e. The molecule has 3 aromatic rings. The van der Waals surface area contributed by atoms with Crippen LogP contribution in [0.4, 0.5) is 4.79 Å². The fraction of sp³-hybridized carbons (Fsp3) is 0.333. The molecule has 7 nitrogen and oxygen atoms in total. The van der Waals surface area contributed by atoms with Gasteiger partial charge in [0, 0.05) is 11.3 Å². The summed E-state index contributed by atoms with van der Waals surface area (Å²) in [7, 11) is 0. The van der Waals surface area contributed by atoms with E-state index >= 15 is 0 Å². The van der Waals surface area contributed by atoms with Crippen LogP contribution >= 0.6 is 23.1 Å². The molecule has 5 rings (SSSR count). The first-order valence-electron chi connectivity index (χ1n) is 11.0. The summed E-state index contributed by atoms with van der Waals surface area (Å²) < 4.78 is 2.17. The Bertz CT molecular complexity index is 1180. The van der Waals surface area contributed by atoms with Gasteiger partial charge in [-0.05, 0) is 61.4 Å². The number of urea groups is 1. The molecule has 1 aromatic heterocycles. The van der Waals surface area contributed by atoms with Crippen LogP contribution in [0.2, 0.25) is 0 Å². The summed E-state index contributed by atoms with van der Waals surface area (Å²) in [5.41, 5.74) is 4.06. The molecule has 0 bridgehead atoms. The van der Waals surface area contributed by atoms with Gasteiger partial charge >= 0.3 is 6.03 Å². The monoisotopic (exact) mass is 480 g/mol. The van der Waals surface area contributed by atoms with Crippen LogP contribution in [0.5, 0.6) is 0 Å². The highest BCUT2D eigenvalue weighted by Crippen LogP contribution is 2.36. The summed E-state index contributed by atoms with van der Waals surface area (Å²) in [5.74, 6) is 0.424. The number of aromatic nitrogens is 1. The van der Waals surface area contributed by atoms with Crippen LogP contribution in [-0.4, -0.2) is 33.4 Å². The number of benzene rings is 2. The van der Waals surface area contributed by atoms with E-state index < -0.39 is 17.5 Å². The zero-order valence-electron chi connectivity index (χ0n) is 18.2. The average Bonchev–Trinajstić information content (AvgIpc) is 3.34. The predicted molar refractivity (Wildman–Crippen MR) is 129 cm³/mol. The Morgan fingerprint density at radius 3 is 2.64 bits per heavy atom. The highest BCUT2D eigenvalue weighted by atomic mass is 32.2. The minimum atomic E-state index is -0.876. The van der Waals surface area contributed by atoms with E-state index in [9.17, 15) is 14.4 Å². The van der Waals surface area contributed by atoms with Gasteiger partial charge in [-0.3, -0.25) is 15.0 Å². The molecule has 2 aliphatic rings. The van der Waals surface area contributed by atoms with Gasteiger partial charge in [-0.15, -0.1) is 11.3 Å². The molecule has 1 saturated heterocycles. The van der Waals surface area contributed by atoms with Gasteiger partial charge in [0.1, 0.15) is 5.54 Å². The molecule has 9 heteroatoms. The molecule has 2 aromatic carbocycles. The van der Waals surface area contributed by atoms with Gasteiger partial charge in [-0.1, -0.05) is 43.0 Å². The molecule has 1 spiro atoms. The fourth-order valence-corrected chi connectivity index (χ4v) is 6.32. The number of carbonyl (C=O) groups excluding carboxylic acids is 3. The molecule has 1 aliphatic heterocycles. The maximum atomic E-state index is 12.9. The molecular formula is C24H24N4O3S2. The molecule has 2 N–H and O–H groups in total. The highest BCUT2D eigenvalue weighted by molar-refractivity contribution is 8.00. The van der Waals surface area contributed by atoms with E-state index in [1.807, 2.05) is 30.3 Å². The van der Waals surface area contributed by atoms with Crippen molar-refractivity contribution < 1.29 is 14.4 Å². The van der Waals surface area contributed by atoms with Crippen molar-refractivity contribution in [3.05, 3.63) is 59.7 Å². The maximum Gasteiger partial charge on any atom is 0.344 e. The van der Waals surface area contributed by atoms with Gasteiger partial charge in [0.15, 0.2) is 4.34 Å². The Kier molecular flexibility index (Phi) is 5.84. The number of hydrogen-bond donors (Lipinski definition) is 2. The van der Waals surface area contributed by atoms with Crippen LogP contribution in [-0.2, 0) is 10.5 Å². The van der Waals surface area contributed by atoms with Gasteiger partial charge in [-0.25, -0.2) is 9.78 Å². The van der Waals surface area contributed by atoms with E-state index in [0.29, 0.717) is 24.3 Å². The van der Waals surface area contributed by atoms with Crippen molar-refractivity contribution in [2.24, 2.45) is 5.92 Å². The second-order valence-corrected chi connectivity index (χ2v) is 11.0. The molecule has 0 unspecified atom stereocenters. The van der Waals surface area contributed by atoms with Gasteiger partial charge in [0.05, 0.1) is 10.2 Å². The summed E-state index contributed by atoms with van der Waals surface area (Å²) >= 11 is 3.32. The van der Waals surface area contributed by atoms with E-state index in [2.05, 4.69) is 28.7 Å². The predicted octanol–water partition coefficient (Wildman–Crippen LogP) is 4.73. The third kappa shape index (κ3) is 4.35. The second-order valence-electron chi connectivity index (χ2n) is 8.71. The molecule has 0 atom stereocenters. The van der Waals surface area contributed by atoms with E-state index in [-0.39, 0.29) is 5.91 Å². The smallest absolute Gasteiger partial charge is 0.322 e. The summed E-state index contributed by atoms with van der Waals surface area (Å²) in [6.07, 6.45) is 2.97. The number of rotatable bonds is 5. The minimum absolute atomic E-state index is 0.364. The first kappa shape index (κ1) is 21.9. The lowest BCUT2D eigenvalue weighted by atomic mass is 9.77. The van der Waals surface area contributed by atoms with Crippen molar-refractivity contribution in [2.75, 3.05) is 0 Å². The topological polar surface area (TPSA) is 91.4 Å². The number of thiazole rings is 1. The first-order chi connectivity index (χ1) is 15.9. The number of para-hydroxylation sites is 1. The van der Waals surface area contributed by atoms with E-state index in [4.69, 9.17) is 0 Å². The van der Waals surface area contributed by atoms with E-state index in [0.717, 1.165) is 43.7 Å². The number of amides is 4. The Balaban J connectivity index is 1.20. The summed E-state index contributed by atoms with van der Waals surface area (Å²) in [6.45, 7) is 2.15. The molecule has 1 saturated carbocycles. The van der Waals surface area contributed by atoms with Crippen LogP contribution in [0, 0.1) is 5.92 Å². The standard InChI is InChI=1S/C24H24N4O3S2/c1-15-10-12-24(13-11-15)21(30)28(22(31)26-24)27-20(29)17-8-6-16(7-9-17)14-32-23-25-18-4-2-3-5-19(18)33-23/h2-9,15H,10-14H2,1H3,(H,26,31)(H,27,29). The van der Waals surface area contributed by atoms with Crippen molar-refractivity contribution in [2.45, 2.75) is 48.2 Å². The molecule has 170 valence electrons. The van der Waals surface area contributed by atoms with Gasteiger partial charge in [0.2, 0.25) is 0 Å². The highest BCUT2D eigenvalue weighted by Gasteiger charge is 2.52. The van der Waals surface area contributed by atoms with Crippen molar-refractivity contribution in [3.63, 3.8) is 0 Å². The zero-order valence-corrected chi connectivity index (χ0v) is 19.8. The number of carbonyl (C=O) groups is 3. The summed E-state index contributed by atoms with van der Waals surface area (Å²) in [4.78, 5) is 42.7. The van der Waals surface area contributed by atoms with E-state index in [1.54, 1.807) is 35.2 Å².